The molecule has 0 fully saturated rings. The van der Waals surface area contributed by atoms with Crippen molar-refractivity contribution in [1.82, 2.24) is 9.80 Å². The van der Waals surface area contributed by atoms with E-state index in [9.17, 15) is 9.59 Å². The summed E-state index contributed by atoms with van der Waals surface area (Å²) in [5.41, 5.74) is 3.96. The minimum atomic E-state index is -0.139. The van der Waals surface area contributed by atoms with E-state index in [0.717, 1.165) is 22.4 Å². The van der Waals surface area contributed by atoms with E-state index >= 15 is 0 Å². The van der Waals surface area contributed by atoms with Gasteiger partial charge in [0, 0.05) is 36.7 Å². The zero-order valence-electron chi connectivity index (χ0n) is 24.4. The predicted molar refractivity (Wildman–Crippen MR) is 161 cm³/mol. The van der Waals surface area contributed by atoms with E-state index in [0.29, 0.717) is 62.8 Å². The van der Waals surface area contributed by atoms with Crippen LogP contribution in [0.1, 0.15) is 52.2 Å². The van der Waals surface area contributed by atoms with Gasteiger partial charge in [0.15, 0.2) is 11.5 Å². The summed E-state index contributed by atoms with van der Waals surface area (Å²) in [6.07, 6.45) is 2.21. The molecule has 3 rings (SSSR count). The van der Waals surface area contributed by atoms with Crippen molar-refractivity contribution in [1.29, 1.82) is 0 Å². The molecule has 0 radical (unpaired) electrons. The summed E-state index contributed by atoms with van der Waals surface area (Å²) in [7, 11) is 3.23. The van der Waals surface area contributed by atoms with Gasteiger partial charge in [-0.05, 0) is 85.5 Å². The molecule has 0 saturated carbocycles. The lowest BCUT2D eigenvalue weighted by Gasteiger charge is -2.28. The number of carbonyl (C=O) groups is 2. The zero-order valence-corrected chi connectivity index (χ0v) is 25.2. The summed E-state index contributed by atoms with van der Waals surface area (Å²) in [4.78, 5) is 32.0. The van der Waals surface area contributed by atoms with E-state index < -0.39 is 0 Å². The lowest BCUT2D eigenvalue weighted by molar-refractivity contribution is -0.132. The van der Waals surface area contributed by atoms with Crippen molar-refractivity contribution in [2.24, 2.45) is 0 Å². The number of benzene rings is 2. The third-order valence-corrected chi connectivity index (χ3v) is 7.92. The largest absolute Gasteiger partial charge is 0.493 e. The first-order valence-electron chi connectivity index (χ1n) is 13.9. The highest BCUT2D eigenvalue weighted by Crippen LogP contribution is 2.28. The van der Waals surface area contributed by atoms with Crippen molar-refractivity contribution in [2.75, 3.05) is 47.1 Å². The number of ether oxygens (including phenoxy) is 3. The molecule has 0 atom stereocenters. The van der Waals surface area contributed by atoms with Gasteiger partial charge in [-0.25, -0.2) is 0 Å². The van der Waals surface area contributed by atoms with Gasteiger partial charge in [0.1, 0.15) is 6.54 Å². The highest BCUT2D eigenvalue weighted by atomic mass is 32.1. The molecule has 7 nitrogen and oxygen atoms in total. The Kier molecular flexibility index (Phi) is 12.5. The van der Waals surface area contributed by atoms with E-state index in [1.807, 2.05) is 59.7 Å². The molecule has 1 heterocycles. The first-order chi connectivity index (χ1) is 19.4. The minimum absolute atomic E-state index is 0.0108. The summed E-state index contributed by atoms with van der Waals surface area (Å²) in [6.45, 7) is 8.73. The molecule has 2 amide bonds. The molecule has 0 unspecified atom stereocenters. The molecule has 8 heteroatoms. The van der Waals surface area contributed by atoms with Crippen LogP contribution in [0.15, 0.2) is 53.9 Å². The quantitative estimate of drug-likeness (QED) is 0.206. The van der Waals surface area contributed by atoms with Gasteiger partial charge >= 0.3 is 0 Å². The maximum absolute atomic E-state index is 13.8. The fourth-order valence-corrected chi connectivity index (χ4v) is 5.34. The van der Waals surface area contributed by atoms with E-state index in [-0.39, 0.29) is 18.4 Å². The third-order valence-electron chi connectivity index (χ3n) is 6.92. The van der Waals surface area contributed by atoms with Crippen molar-refractivity contribution >= 4 is 23.2 Å². The van der Waals surface area contributed by atoms with Crippen LogP contribution in [-0.2, 0) is 28.9 Å². The number of aryl methyl sites for hydroxylation is 2. The number of amides is 2. The van der Waals surface area contributed by atoms with Gasteiger partial charge in [-0.2, -0.15) is 0 Å². The van der Waals surface area contributed by atoms with Gasteiger partial charge in [0.2, 0.25) is 5.91 Å². The van der Waals surface area contributed by atoms with Gasteiger partial charge in [0.25, 0.3) is 5.91 Å². The van der Waals surface area contributed by atoms with Gasteiger partial charge in [-0.15, -0.1) is 11.3 Å². The molecule has 1 aromatic heterocycles. The van der Waals surface area contributed by atoms with Crippen molar-refractivity contribution in [3.63, 3.8) is 0 Å². The maximum Gasteiger partial charge on any atom is 0.254 e. The molecule has 216 valence electrons. The first-order valence-corrected chi connectivity index (χ1v) is 14.8. The van der Waals surface area contributed by atoms with Gasteiger partial charge in [-0.1, -0.05) is 25.1 Å². The van der Waals surface area contributed by atoms with Crippen molar-refractivity contribution in [2.45, 2.75) is 46.6 Å². The SMILES string of the molecule is CCOCCCN(CC(=O)N(CCc1ccc(OC)c(OC)c1)Cc1sccc1C)C(=O)c1ccc(CC)cc1. The van der Waals surface area contributed by atoms with Crippen molar-refractivity contribution < 1.29 is 23.8 Å². The molecule has 0 aliphatic rings. The maximum atomic E-state index is 13.8. The van der Waals surface area contributed by atoms with Crippen LogP contribution in [0.25, 0.3) is 0 Å². The molecule has 0 spiro atoms. The van der Waals surface area contributed by atoms with Crippen LogP contribution in [-0.4, -0.2) is 68.7 Å². The van der Waals surface area contributed by atoms with Crippen LogP contribution in [0, 0.1) is 6.92 Å². The summed E-state index contributed by atoms with van der Waals surface area (Å²) in [5.74, 6) is 1.11. The Labute approximate surface area is 242 Å². The zero-order chi connectivity index (χ0) is 28.9. The lowest BCUT2D eigenvalue weighted by atomic mass is 10.1. The minimum Gasteiger partial charge on any atom is -0.493 e. The van der Waals surface area contributed by atoms with E-state index in [1.165, 1.54) is 5.56 Å². The Morgan fingerprint density at radius 3 is 2.23 bits per heavy atom. The van der Waals surface area contributed by atoms with Crippen LogP contribution in [0.3, 0.4) is 0 Å². The van der Waals surface area contributed by atoms with Crippen LogP contribution in [0.2, 0.25) is 0 Å². The molecule has 3 aromatic rings. The Bertz CT molecular complexity index is 1220. The van der Waals surface area contributed by atoms with Gasteiger partial charge < -0.3 is 24.0 Å². The molecule has 40 heavy (non-hydrogen) atoms. The normalized spacial score (nSPS) is 10.8. The molecular formula is C32H42N2O5S. The Morgan fingerprint density at radius 1 is 0.875 bits per heavy atom. The molecule has 2 aromatic carbocycles. The molecule has 0 aliphatic heterocycles. The third kappa shape index (κ3) is 8.83. The number of hydrogen-bond donors (Lipinski definition) is 0. The second-order valence-corrected chi connectivity index (χ2v) is 10.6. The number of rotatable bonds is 16. The van der Waals surface area contributed by atoms with Crippen molar-refractivity contribution in [3.05, 3.63) is 81.0 Å². The van der Waals surface area contributed by atoms with E-state index in [4.69, 9.17) is 14.2 Å². The molecule has 0 aliphatic carbocycles. The fourth-order valence-electron chi connectivity index (χ4n) is 4.41. The van der Waals surface area contributed by atoms with Crippen LogP contribution in [0.4, 0.5) is 0 Å². The van der Waals surface area contributed by atoms with E-state index in [2.05, 4.69) is 19.9 Å². The standard InChI is InChI=1S/C32H42N2O5S/c1-6-25-9-12-27(13-10-25)32(36)34(17-8-19-39-7-2)23-31(35)33(22-30-24(3)16-20-40-30)18-15-26-11-14-28(37-4)29(21-26)38-5/h9-14,16,20-21H,6-8,15,17-19,22-23H2,1-5H3. The van der Waals surface area contributed by atoms with Gasteiger partial charge in [0.05, 0.1) is 20.8 Å². The van der Waals surface area contributed by atoms with Crippen LogP contribution >= 0.6 is 11.3 Å². The average molecular weight is 567 g/mol. The highest BCUT2D eigenvalue weighted by Gasteiger charge is 2.23. The number of methoxy groups -OCH3 is 2. The highest BCUT2D eigenvalue weighted by molar-refractivity contribution is 7.10. The summed E-state index contributed by atoms with van der Waals surface area (Å²) < 4.78 is 16.3. The fraction of sp³-hybridized carbons (Fsp3) is 0.438. The monoisotopic (exact) mass is 566 g/mol. The molecule has 0 saturated heterocycles. The summed E-state index contributed by atoms with van der Waals surface area (Å²) in [5, 5.41) is 2.05. The number of nitrogens with zero attached hydrogens (tertiary/aromatic N) is 2. The predicted octanol–water partition coefficient (Wildman–Crippen LogP) is 5.78. The van der Waals surface area contributed by atoms with Gasteiger partial charge in [-0.3, -0.25) is 9.59 Å². The smallest absolute Gasteiger partial charge is 0.254 e. The Morgan fingerprint density at radius 2 is 1.60 bits per heavy atom. The molecular weight excluding hydrogens is 524 g/mol. The van der Waals surface area contributed by atoms with Crippen LogP contribution < -0.4 is 9.47 Å². The summed E-state index contributed by atoms with van der Waals surface area (Å²) >= 11 is 1.65. The molecule has 0 N–H and O–H groups in total. The summed E-state index contributed by atoms with van der Waals surface area (Å²) in [6, 6.07) is 15.5. The number of hydrogen-bond acceptors (Lipinski definition) is 6. The van der Waals surface area contributed by atoms with Crippen molar-refractivity contribution in [3.8, 4) is 11.5 Å². The van der Waals surface area contributed by atoms with Crippen LogP contribution in [0.5, 0.6) is 11.5 Å². The lowest BCUT2D eigenvalue weighted by Crippen LogP contribution is -2.44. The first kappa shape index (κ1) is 31.2. The number of thiophene rings is 1. The average Bonchev–Trinajstić information content (AvgIpc) is 3.39. The topological polar surface area (TPSA) is 68.3 Å². The molecule has 0 bridgehead atoms. The Balaban J connectivity index is 1.80. The second kappa shape index (κ2) is 16.0. The van der Waals surface area contributed by atoms with E-state index in [1.54, 1.807) is 30.5 Å². The number of carbonyl (C=O) groups excluding carboxylic acids is 2. The second-order valence-electron chi connectivity index (χ2n) is 9.61. The Hall–Kier alpha value is -3.36.